The van der Waals surface area contributed by atoms with Gasteiger partial charge in [0.2, 0.25) is 15.9 Å². The van der Waals surface area contributed by atoms with E-state index < -0.39 is 10.0 Å². The van der Waals surface area contributed by atoms with Crippen LogP contribution in [0.4, 0.5) is 0 Å². The quantitative estimate of drug-likeness (QED) is 0.679. The fourth-order valence-electron chi connectivity index (χ4n) is 2.95. The molecule has 146 valence electrons. The Morgan fingerprint density at radius 1 is 1.08 bits per heavy atom. The molecule has 0 aliphatic carbocycles. The van der Waals surface area contributed by atoms with Crippen LogP contribution in [0.1, 0.15) is 25.3 Å². The zero-order valence-corrected chi connectivity index (χ0v) is 16.5. The summed E-state index contributed by atoms with van der Waals surface area (Å²) in [4.78, 5) is 14.3. The monoisotopic (exact) mass is 384 g/mol. The minimum Gasteiger partial charge on any atom is -0.493 e. The third-order valence-corrected chi connectivity index (χ3v) is 6.50. The Morgan fingerprint density at radius 2 is 1.73 bits per heavy atom. The van der Waals surface area contributed by atoms with E-state index >= 15 is 0 Å². The summed E-state index contributed by atoms with van der Waals surface area (Å²) in [5, 5.41) is 0. The molecule has 0 bridgehead atoms. The van der Waals surface area contributed by atoms with E-state index in [1.54, 1.807) is 31.3 Å². The molecule has 1 aliphatic rings. The van der Waals surface area contributed by atoms with Gasteiger partial charge in [-0.3, -0.25) is 4.79 Å². The number of hydrogen-bond acceptors (Lipinski definition) is 5. The van der Waals surface area contributed by atoms with E-state index in [-0.39, 0.29) is 18.1 Å². The Morgan fingerprint density at radius 3 is 2.31 bits per heavy atom. The molecule has 0 unspecified atom stereocenters. The minimum absolute atomic E-state index is 0.0113. The van der Waals surface area contributed by atoms with Crippen molar-refractivity contribution in [2.45, 2.75) is 26.2 Å². The van der Waals surface area contributed by atoms with Gasteiger partial charge in [-0.25, -0.2) is 8.42 Å². The summed E-state index contributed by atoms with van der Waals surface area (Å²) in [6.45, 7) is 3.56. The van der Waals surface area contributed by atoms with Crippen molar-refractivity contribution in [3.63, 3.8) is 0 Å². The van der Waals surface area contributed by atoms with Crippen LogP contribution >= 0.6 is 0 Å². The van der Waals surface area contributed by atoms with Crippen molar-refractivity contribution in [3.8, 4) is 11.5 Å². The maximum Gasteiger partial charge on any atom is 0.227 e. The zero-order valence-electron chi connectivity index (χ0n) is 15.7. The number of nitrogens with zero attached hydrogens (tertiary/aromatic N) is 2. The van der Waals surface area contributed by atoms with Crippen LogP contribution in [-0.2, 0) is 21.2 Å². The Balaban J connectivity index is 1.92. The average Bonchev–Trinajstić information content (AvgIpc) is 2.66. The second-order valence-corrected chi connectivity index (χ2v) is 8.40. The molecule has 0 atom stereocenters. The molecule has 26 heavy (non-hydrogen) atoms. The number of rotatable bonds is 8. The van der Waals surface area contributed by atoms with Crippen LogP contribution in [0.25, 0.3) is 0 Å². The van der Waals surface area contributed by atoms with E-state index in [4.69, 9.17) is 9.47 Å². The first-order chi connectivity index (χ1) is 12.4. The Kier molecular flexibility index (Phi) is 7.28. The number of amides is 1. The maximum atomic E-state index is 12.5. The Hall–Kier alpha value is -1.80. The number of benzene rings is 1. The zero-order chi connectivity index (χ0) is 19.2. The third kappa shape index (κ3) is 5.11. The summed E-state index contributed by atoms with van der Waals surface area (Å²) < 4.78 is 36.4. The summed E-state index contributed by atoms with van der Waals surface area (Å²) in [6.07, 6.45) is 1.77. The lowest BCUT2D eigenvalue weighted by atomic mass is 10.1. The van der Waals surface area contributed by atoms with Crippen molar-refractivity contribution >= 4 is 15.9 Å². The first kappa shape index (κ1) is 20.5. The summed E-state index contributed by atoms with van der Waals surface area (Å²) in [5.74, 6) is 1.38. The fraction of sp³-hybridized carbons (Fsp3) is 0.611. The Labute approximate surface area is 155 Å². The van der Waals surface area contributed by atoms with E-state index in [0.717, 1.165) is 12.0 Å². The van der Waals surface area contributed by atoms with Crippen LogP contribution in [-0.4, -0.2) is 69.7 Å². The van der Waals surface area contributed by atoms with Gasteiger partial charge in [0.25, 0.3) is 0 Å². The molecule has 0 spiro atoms. The number of piperazine rings is 1. The van der Waals surface area contributed by atoms with Crippen LogP contribution in [0, 0.1) is 0 Å². The Bertz CT molecular complexity index is 712. The van der Waals surface area contributed by atoms with Crippen molar-refractivity contribution < 1.29 is 22.7 Å². The number of carbonyl (C=O) groups excluding carboxylic acids is 1. The van der Waals surface area contributed by atoms with Crippen molar-refractivity contribution in [1.29, 1.82) is 0 Å². The third-order valence-electron chi connectivity index (χ3n) is 4.54. The predicted molar refractivity (Wildman–Crippen MR) is 100 cm³/mol. The van der Waals surface area contributed by atoms with Gasteiger partial charge in [0.1, 0.15) is 0 Å². The second kappa shape index (κ2) is 9.23. The first-order valence-electron chi connectivity index (χ1n) is 8.87. The van der Waals surface area contributed by atoms with Gasteiger partial charge in [-0.1, -0.05) is 19.4 Å². The van der Waals surface area contributed by atoms with Crippen LogP contribution in [0.5, 0.6) is 11.5 Å². The number of carbonyl (C=O) groups is 1. The van der Waals surface area contributed by atoms with E-state index in [1.165, 1.54) is 4.31 Å². The van der Waals surface area contributed by atoms with Crippen molar-refractivity contribution in [3.05, 3.63) is 23.8 Å². The number of methoxy groups -OCH3 is 2. The number of hydrogen-bond donors (Lipinski definition) is 0. The molecule has 1 aromatic carbocycles. The van der Waals surface area contributed by atoms with E-state index in [1.807, 2.05) is 13.0 Å². The summed E-state index contributed by atoms with van der Waals surface area (Å²) in [7, 11) is -0.0819. The molecular formula is C18H28N2O5S. The van der Waals surface area contributed by atoms with Gasteiger partial charge in [-0.2, -0.15) is 4.31 Å². The summed E-state index contributed by atoms with van der Waals surface area (Å²) in [5.41, 5.74) is 0.839. The molecule has 0 radical (unpaired) electrons. The molecular weight excluding hydrogens is 356 g/mol. The van der Waals surface area contributed by atoms with Gasteiger partial charge in [0, 0.05) is 26.2 Å². The van der Waals surface area contributed by atoms with E-state index in [0.29, 0.717) is 44.1 Å². The molecule has 7 nitrogen and oxygen atoms in total. The highest BCUT2D eigenvalue weighted by molar-refractivity contribution is 7.89. The second-order valence-electron chi connectivity index (χ2n) is 6.32. The fourth-order valence-corrected chi connectivity index (χ4v) is 4.58. The van der Waals surface area contributed by atoms with Gasteiger partial charge in [0.15, 0.2) is 11.5 Å². The summed E-state index contributed by atoms with van der Waals surface area (Å²) in [6, 6.07) is 5.41. The lowest BCUT2D eigenvalue weighted by molar-refractivity contribution is -0.131. The molecule has 0 saturated carbocycles. The standard InChI is InChI=1S/C18H28N2O5S/c1-4-5-12-26(22,23)20-10-8-19(9-11-20)18(21)14-15-6-7-16(24-2)17(13-15)25-3/h6-7,13H,4-5,8-12,14H2,1-3H3. The highest BCUT2D eigenvalue weighted by atomic mass is 32.2. The lowest BCUT2D eigenvalue weighted by Crippen LogP contribution is -2.51. The topological polar surface area (TPSA) is 76.2 Å². The first-order valence-corrected chi connectivity index (χ1v) is 10.5. The maximum absolute atomic E-state index is 12.5. The smallest absolute Gasteiger partial charge is 0.227 e. The van der Waals surface area contributed by atoms with Crippen LogP contribution in [0.15, 0.2) is 18.2 Å². The average molecular weight is 384 g/mol. The highest BCUT2D eigenvalue weighted by Crippen LogP contribution is 2.28. The largest absolute Gasteiger partial charge is 0.493 e. The number of unbranched alkanes of at least 4 members (excludes halogenated alkanes) is 1. The van der Waals surface area contributed by atoms with Gasteiger partial charge in [0.05, 0.1) is 26.4 Å². The van der Waals surface area contributed by atoms with Crippen LogP contribution < -0.4 is 9.47 Å². The van der Waals surface area contributed by atoms with Crippen LogP contribution in [0.3, 0.4) is 0 Å². The highest BCUT2D eigenvalue weighted by Gasteiger charge is 2.28. The van der Waals surface area contributed by atoms with Gasteiger partial charge >= 0.3 is 0 Å². The molecule has 0 N–H and O–H groups in total. The normalized spacial score (nSPS) is 15.7. The minimum atomic E-state index is -3.21. The molecule has 1 heterocycles. The van der Waals surface area contributed by atoms with Gasteiger partial charge in [-0.05, 0) is 24.1 Å². The molecule has 0 aromatic heterocycles. The van der Waals surface area contributed by atoms with Crippen LogP contribution in [0.2, 0.25) is 0 Å². The summed E-state index contributed by atoms with van der Waals surface area (Å²) >= 11 is 0. The molecule has 1 aliphatic heterocycles. The molecule has 8 heteroatoms. The molecule has 1 amide bonds. The van der Waals surface area contributed by atoms with Gasteiger partial charge in [-0.15, -0.1) is 0 Å². The number of ether oxygens (including phenoxy) is 2. The van der Waals surface area contributed by atoms with Crippen molar-refractivity contribution in [2.75, 3.05) is 46.2 Å². The molecule has 2 rings (SSSR count). The molecule has 1 fully saturated rings. The molecule has 1 saturated heterocycles. The van der Waals surface area contributed by atoms with Crippen molar-refractivity contribution in [1.82, 2.24) is 9.21 Å². The van der Waals surface area contributed by atoms with Gasteiger partial charge < -0.3 is 14.4 Å². The predicted octanol–water partition coefficient (Wildman–Crippen LogP) is 1.52. The molecule has 1 aromatic rings. The number of sulfonamides is 1. The van der Waals surface area contributed by atoms with Crippen molar-refractivity contribution in [2.24, 2.45) is 0 Å². The van der Waals surface area contributed by atoms with E-state index in [2.05, 4.69) is 0 Å². The lowest BCUT2D eigenvalue weighted by Gasteiger charge is -2.34. The SMILES string of the molecule is CCCCS(=O)(=O)N1CCN(C(=O)Cc2ccc(OC)c(OC)c2)CC1. The van der Waals surface area contributed by atoms with E-state index in [9.17, 15) is 13.2 Å².